The number of carbonyl (C=O) groups excluding carboxylic acids is 1. The molecule has 0 aliphatic heterocycles. The Balaban J connectivity index is 1.58. The third-order valence-electron chi connectivity index (χ3n) is 5.01. The van der Waals surface area contributed by atoms with E-state index >= 15 is 0 Å². The van der Waals surface area contributed by atoms with Gasteiger partial charge >= 0.3 is 0 Å². The number of aromatic nitrogens is 2. The van der Waals surface area contributed by atoms with Gasteiger partial charge in [0, 0.05) is 12.4 Å². The minimum atomic E-state index is -0.230. The van der Waals surface area contributed by atoms with E-state index in [-0.39, 0.29) is 24.1 Å². The zero-order valence-corrected chi connectivity index (χ0v) is 14.1. The highest BCUT2D eigenvalue weighted by Gasteiger charge is 2.28. The predicted molar refractivity (Wildman–Crippen MR) is 96.3 cm³/mol. The first-order chi connectivity index (χ1) is 12.1. The van der Waals surface area contributed by atoms with Crippen molar-refractivity contribution in [3.63, 3.8) is 0 Å². The average Bonchev–Trinajstić information content (AvgIpc) is 3.07. The van der Waals surface area contributed by atoms with Crippen LogP contribution in [0.2, 0.25) is 0 Å². The normalized spacial score (nSPS) is 16.0. The van der Waals surface area contributed by atoms with Crippen LogP contribution in [-0.2, 0) is 17.8 Å². The van der Waals surface area contributed by atoms with Gasteiger partial charge in [0.2, 0.25) is 5.91 Å². The lowest BCUT2D eigenvalue weighted by atomic mass is 10.1. The molecule has 0 N–H and O–H groups in total. The number of carbonyl (C=O) groups is 1. The largest absolute Gasteiger partial charge is 0.337 e. The van der Waals surface area contributed by atoms with Crippen LogP contribution in [0, 0.1) is 0 Å². The summed E-state index contributed by atoms with van der Waals surface area (Å²) < 4.78 is 1.25. The standard InChI is InChI=1S/C20H19N3O2/c1-22(18-11-10-14-6-2-4-8-16(14)18)19(24)13-23-20(25)17-9-5-3-7-15(17)12-21-23/h2-9,12,18H,10-11,13H2,1H3. The Morgan fingerprint density at radius 2 is 1.96 bits per heavy atom. The molecule has 1 amide bonds. The Kier molecular flexibility index (Phi) is 3.84. The monoisotopic (exact) mass is 333 g/mol. The molecule has 1 aliphatic rings. The number of likely N-dealkylation sites (N-methyl/N-ethyl adjacent to an activating group) is 1. The van der Waals surface area contributed by atoms with E-state index in [0.717, 1.165) is 18.2 Å². The first-order valence-corrected chi connectivity index (χ1v) is 8.43. The zero-order chi connectivity index (χ0) is 17.4. The van der Waals surface area contributed by atoms with Crippen LogP contribution >= 0.6 is 0 Å². The highest BCUT2D eigenvalue weighted by atomic mass is 16.2. The molecule has 3 aromatic rings. The van der Waals surface area contributed by atoms with Crippen LogP contribution in [0.1, 0.15) is 23.6 Å². The van der Waals surface area contributed by atoms with Gasteiger partial charge in [-0.1, -0.05) is 42.5 Å². The van der Waals surface area contributed by atoms with Gasteiger partial charge in [-0.3, -0.25) is 9.59 Å². The van der Waals surface area contributed by atoms with Crippen molar-refractivity contribution < 1.29 is 4.79 Å². The molecule has 4 rings (SSSR count). The lowest BCUT2D eigenvalue weighted by Gasteiger charge is -2.25. The van der Waals surface area contributed by atoms with Gasteiger partial charge in [-0.25, -0.2) is 4.68 Å². The van der Waals surface area contributed by atoms with Crippen LogP contribution in [0.4, 0.5) is 0 Å². The van der Waals surface area contributed by atoms with Gasteiger partial charge in [-0.15, -0.1) is 0 Å². The van der Waals surface area contributed by atoms with E-state index in [1.165, 1.54) is 15.8 Å². The van der Waals surface area contributed by atoms with Gasteiger partial charge in [-0.2, -0.15) is 5.10 Å². The lowest BCUT2D eigenvalue weighted by Crippen LogP contribution is -2.36. The van der Waals surface area contributed by atoms with Crippen molar-refractivity contribution in [2.45, 2.75) is 25.4 Å². The summed E-state index contributed by atoms with van der Waals surface area (Å²) in [5, 5.41) is 5.53. The van der Waals surface area contributed by atoms with Gasteiger partial charge in [0.05, 0.1) is 17.6 Å². The summed E-state index contributed by atoms with van der Waals surface area (Å²) in [6.45, 7) is -0.0428. The molecule has 0 saturated carbocycles. The quantitative estimate of drug-likeness (QED) is 0.740. The summed E-state index contributed by atoms with van der Waals surface area (Å²) in [4.78, 5) is 27.0. The van der Waals surface area contributed by atoms with Crippen LogP contribution in [0.25, 0.3) is 10.8 Å². The third kappa shape index (κ3) is 2.71. The molecule has 5 nitrogen and oxygen atoms in total. The molecule has 0 spiro atoms. The second-order valence-corrected chi connectivity index (χ2v) is 6.45. The Morgan fingerprint density at radius 3 is 2.84 bits per heavy atom. The highest BCUT2D eigenvalue weighted by Crippen LogP contribution is 2.34. The third-order valence-corrected chi connectivity index (χ3v) is 5.01. The van der Waals surface area contributed by atoms with E-state index in [4.69, 9.17) is 0 Å². The number of amides is 1. The molecule has 25 heavy (non-hydrogen) atoms. The van der Waals surface area contributed by atoms with E-state index in [1.807, 2.05) is 30.3 Å². The van der Waals surface area contributed by atoms with Crippen LogP contribution in [0.5, 0.6) is 0 Å². The summed E-state index contributed by atoms with van der Waals surface area (Å²) in [5.74, 6) is -0.105. The highest BCUT2D eigenvalue weighted by molar-refractivity contribution is 5.81. The van der Waals surface area contributed by atoms with E-state index in [2.05, 4.69) is 17.2 Å². The number of fused-ring (bicyclic) bond motifs is 2. The molecular formula is C20H19N3O2. The van der Waals surface area contributed by atoms with Crippen molar-refractivity contribution in [2.75, 3.05) is 7.05 Å². The minimum absolute atomic E-state index is 0.0428. The SMILES string of the molecule is CN(C(=O)Cn1ncc2ccccc2c1=O)C1CCc2ccccc21. The van der Waals surface area contributed by atoms with Gasteiger partial charge in [0.15, 0.2) is 0 Å². The van der Waals surface area contributed by atoms with Crippen LogP contribution < -0.4 is 5.56 Å². The summed E-state index contributed by atoms with van der Waals surface area (Å²) in [6, 6.07) is 15.6. The van der Waals surface area contributed by atoms with E-state index < -0.39 is 0 Å². The van der Waals surface area contributed by atoms with E-state index in [1.54, 1.807) is 24.2 Å². The van der Waals surface area contributed by atoms with Gasteiger partial charge < -0.3 is 4.90 Å². The van der Waals surface area contributed by atoms with Gasteiger partial charge in [0.25, 0.3) is 5.56 Å². The first kappa shape index (κ1) is 15.6. The lowest BCUT2D eigenvalue weighted by molar-refractivity contribution is -0.133. The number of rotatable bonds is 3. The molecule has 1 aliphatic carbocycles. The Morgan fingerprint density at radius 1 is 1.20 bits per heavy atom. The fraction of sp³-hybridized carbons (Fsp3) is 0.250. The second kappa shape index (κ2) is 6.16. The maximum atomic E-state index is 12.7. The smallest absolute Gasteiger partial charge is 0.275 e. The molecule has 5 heteroatoms. The molecule has 0 bridgehead atoms. The number of nitrogens with zero attached hydrogens (tertiary/aromatic N) is 3. The van der Waals surface area contributed by atoms with Gasteiger partial charge in [0.1, 0.15) is 6.54 Å². The molecule has 2 aromatic carbocycles. The topological polar surface area (TPSA) is 55.2 Å². The Labute approximate surface area is 145 Å². The summed E-state index contributed by atoms with van der Waals surface area (Å²) in [6.07, 6.45) is 3.53. The van der Waals surface area contributed by atoms with E-state index in [9.17, 15) is 9.59 Å². The summed E-state index contributed by atoms with van der Waals surface area (Å²) >= 11 is 0. The number of hydrogen-bond donors (Lipinski definition) is 0. The second-order valence-electron chi connectivity index (χ2n) is 6.45. The maximum absolute atomic E-state index is 12.7. The minimum Gasteiger partial charge on any atom is -0.337 e. The number of benzene rings is 2. The van der Waals surface area contributed by atoms with Crippen molar-refractivity contribution in [1.82, 2.24) is 14.7 Å². The first-order valence-electron chi connectivity index (χ1n) is 8.43. The van der Waals surface area contributed by atoms with Crippen LogP contribution in [0.3, 0.4) is 0 Å². The number of aryl methyl sites for hydroxylation is 1. The van der Waals surface area contributed by atoms with Crippen molar-refractivity contribution >= 4 is 16.7 Å². The fourth-order valence-electron chi connectivity index (χ4n) is 3.59. The molecule has 1 aromatic heterocycles. The molecule has 0 fully saturated rings. The van der Waals surface area contributed by atoms with Gasteiger partial charge in [-0.05, 0) is 30.0 Å². The fourth-order valence-corrected chi connectivity index (χ4v) is 3.59. The predicted octanol–water partition coefficient (Wildman–Crippen LogP) is 2.54. The van der Waals surface area contributed by atoms with E-state index in [0.29, 0.717) is 5.39 Å². The van der Waals surface area contributed by atoms with Crippen LogP contribution in [-0.4, -0.2) is 27.6 Å². The average molecular weight is 333 g/mol. The zero-order valence-electron chi connectivity index (χ0n) is 14.1. The maximum Gasteiger partial charge on any atom is 0.275 e. The molecule has 1 heterocycles. The summed E-state index contributed by atoms with van der Waals surface area (Å²) in [5.41, 5.74) is 2.27. The molecule has 0 radical (unpaired) electrons. The van der Waals surface area contributed by atoms with Crippen LogP contribution in [0.15, 0.2) is 59.5 Å². The molecule has 1 atom stereocenters. The van der Waals surface area contributed by atoms with Crippen molar-refractivity contribution in [2.24, 2.45) is 0 Å². The Bertz CT molecular complexity index is 1010. The summed E-state index contributed by atoms with van der Waals surface area (Å²) in [7, 11) is 1.81. The molecular weight excluding hydrogens is 314 g/mol. The molecule has 1 unspecified atom stereocenters. The van der Waals surface area contributed by atoms with Crippen molar-refractivity contribution in [1.29, 1.82) is 0 Å². The van der Waals surface area contributed by atoms with Crippen molar-refractivity contribution in [3.05, 3.63) is 76.2 Å². The molecule has 0 saturated heterocycles. The number of hydrogen-bond acceptors (Lipinski definition) is 3. The van der Waals surface area contributed by atoms with Crippen molar-refractivity contribution in [3.8, 4) is 0 Å². The Hall–Kier alpha value is -2.95. The molecule has 126 valence electrons.